The molecule has 2 heterocycles. The van der Waals surface area contributed by atoms with Gasteiger partial charge in [-0.05, 0) is 51.4 Å². The van der Waals surface area contributed by atoms with Crippen LogP contribution in [0.2, 0.25) is 0 Å². The van der Waals surface area contributed by atoms with E-state index in [-0.39, 0.29) is 17.7 Å². The summed E-state index contributed by atoms with van der Waals surface area (Å²) in [5.41, 5.74) is 3.00. The molecule has 0 bridgehead atoms. The highest BCUT2D eigenvalue weighted by Gasteiger charge is 2.36. The number of fused-ring (bicyclic) bond motifs is 1. The summed E-state index contributed by atoms with van der Waals surface area (Å²) >= 11 is 0. The lowest BCUT2D eigenvalue weighted by Gasteiger charge is -2.36. The Balaban J connectivity index is 1.54. The normalized spacial score (nSPS) is 20.2. The Hall–Kier alpha value is -2.99. The fourth-order valence-corrected chi connectivity index (χ4v) is 4.52. The molecule has 1 atom stereocenters. The van der Waals surface area contributed by atoms with Gasteiger partial charge < -0.3 is 4.90 Å². The number of carbonyl (C=O) groups is 2. The molecule has 0 radical (unpaired) electrons. The first-order valence-electron chi connectivity index (χ1n) is 11.2. The van der Waals surface area contributed by atoms with Gasteiger partial charge >= 0.3 is 0 Å². The first kappa shape index (κ1) is 21.2. The number of rotatable bonds is 6. The second kappa shape index (κ2) is 9.43. The molecule has 0 aromatic heterocycles. The summed E-state index contributed by atoms with van der Waals surface area (Å²) in [6.07, 6.45) is 1.88. The van der Waals surface area contributed by atoms with Crippen molar-refractivity contribution in [2.24, 2.45) is 10.9 Å². The number of piperidine rings is 1. The molecule has 6 nitrogen and oxygen atoms in total. The number of carbonyl (C=O) groups excluding carboxylic acids is 2. The van der Waals surface area contributed by atoms with Gasteiger partial charge in [0.05, 0.1) is 24.0 Å². The maximum atomic E-state index is 13.4. The van der Waals surface area contributed by atoms with Crippen molar-refractivity contribution in [1.82, 2.24) is 9.80 Å². The van der Waals surface area contributed by atoms with E-state index in [0.29, 0.717) is 18.9 Å². The van der Waals surface area contributed by atoms with Gasteiger partial charge in [0.2, 0.25) is 5.91 Å². The maximum Gasteiger partial charge on any atom is 0.278 e. The van der Waals surface area contributed by atoms with Crippen LogP contribution in [0.25, 0.3) is 0 Å². The number of para-hydroxylation sites is 2. The predicted octanol–water partition coefficient (Wildman–Crippen LogP) is 3.69. The number of aliphatic imine (C=N–C) groups is 1. The van der Waals surface area contributed by atoms with Gasteiger partial charge in [-0.15, -0.1) is 0 Å². The predicted molar refractivity (Wildman–Crippen MR) is 124 cm³/mol. The number of anilines is 1. The van der Waals surface area contributed by atoms with E-state index in [1.54, 1.807) is 4.90 Å². The lowest BCUT2D eigenvalue weighted by Crippen LogP contribution is -2.49. The standard InChI is InChI=1S/C25H30N4O2/c1-3-28(4-2)24(30)19-11-10-16-27(17-19)18-29-22-15-9-8-14-21(22)23(25(29)31)26-20-12-6-5-7-13-20/h5-9,12-15,19H,3-4,10-11,16-18H2,1-2H3/t19-/m1/s1. The average Bonchev–Trinajstić information content (AvgIpc) is 3.07. The Bertz CT molecular complexity index is 968. The zero-order valence-corrected chi connectivity index (χ0v) is 18.3. The van der Waals surface area contributed by atoms with E-state index in [1.165, 1.54) is 0 Å². The topological polar surface area (TPSA) is 56.2 Å². The molecule has 0 saturated carbocycles. The monoisotopic (exact) mass is 418 g/mol. The molecule has 31 heavy (non-hydrogen) atoms. The summed E-state index contributed by atoms with van der Waals surface area (Å²) in [6, 6.07) is 17.4. The lowest BCUT2D eigenvalue weighted by molar-refractivity contribution is -0.136. The number of benzene rings is 2. The van der Waals surface area contributed by atoms with Crippen LogP contribution in [-0.2, 0) is 9.59 Å². The molecule has 0 spiro atoms. The Labute approximate surface area is 184 Å². The summed E-state index contributed by atoms with van der Waals surface area (Å²) in [6.45, 7) is 7.58. The van der Waals surface area contributed by atoms with E-state index in [1.807, 2.05) is 73.3 Å². The van der Waals surface area contributed by atoms with Gasteiger partial charge in [-0.1, -0.05) is 36.4 Å². The minimum atomic E-state index is -0.0813. The van der Waals surface area contributed by atoms with Gasteiger partial charge in [0, 0.05) is 25.2 Å². The van der Waals surface area contributed by atoms with Gasteiger partial charge in [0.1, 0.15) is 5.71 Å². The third-order valence-electron chi connectivity index (χ3n) is 6.17. The van der Waals surface area contributed by atoms with E-state index in [2.05, 4.69) is 9.89 Å². The van der Waals surface area contributed by atoms with Crippen LogP contribution >= 0.6 is 0 Å². The number of hydrogen-bond acceptors (Lipinski definition) is 4. The first-order chi connectivity index (χ1) is 15.1. The third-order valence-corrected chi connectivity index (χ3v) is 6.17. The molecule has 0 aliphatic carbocycles. The van der Waals surface area contributed by atoms with Gasteiger partial charge in [-0.25, -0.2) is 4.99 Å². The highest BCUT2D eigenvalue weighted by atomic mass is 16.2. The van der Waals surface area contributed by atoms with Crippen molar-refractivity contribution in [1.29, 1.82) is 0 Å². The fourth-order valence-electron chi connectivity index (χ4n) is 4.52. The number of hydrogen-bond donors (Lipinski definition) is 0. The smallest absolute Gasteiger partial charge is 0.278 e. The lowest BCUT2D eigenvalue weighted by atomic mass is 9.96. The second-order valence-electron chi connectivity index (χ2n) is 8.11. The van der Waals surface area contributed by atoms with Crippen molar-refractivity contribution in [2.75, 3.05) is 37.7 Å². The molecule has 2 aromatic rings. The van der Waals surface area contributed by atoms with Crippen molar-refractivity contribution >= 4 is 28.9 Å². The minimum absolute atomic E-state index is 0.000875. The molecule has 4 rings (SSSR count). The molecule has 2 amide bonds. The molecule has 1 fully saturated rings. The van der Waals surface area contributed by atoms with Gasteiger partial charge in [-0.3, -0.25) is 19.4 Å². The molecule has 0 unspecified atom stereocenters. The quantitative estimate of drug-likeness (QED) is 0.719. The van der Waals surface area contributed by atoms with E-state index in [4.69, 9.17) is 0 Å². The molecule has 6 heteroatoms. The van der Waals surface area contributed by atoms with Crippen molar-refractivity contribution in [3.8, 4) is 0 Å². The van der Waals surface area contributed by atoms with Gasteiger partial charge in [-0.2, -0.15) is 0 Å². The van der Waals surface area contributed by atoms with Crippen molar-refractivity contribution in [2.45, 2.75) is 26.7 Å². The summed E-state index contributed by atoms with van der Waals surface area (Å²) in [7, 11) is 0. The van der Waals surface area contributed by atoms with E-state index >= 15 is 0 Å². The molecule has 2 aliphatic heterocycles. The van der Waals surface area contributed by atoms with E-state index in [9.17, 15) is 9.59 Å². The molecular formula is C25H30N4O2. The zero-order chi connectivity index (χ0) is 21.8. The van der Waals surface area contributed by atoms with Gasteiger partial charge in [0.25, 0.3) is 5.91 Å². The van der Waals surface area contributed by atoms with Crippen LogP contribution in [0.15, 0.2) is 59.6 Å². The summed E-state index contributed by atoms with van der Waals surface area (Å²) < 4.78 is 0. The number of amides is 2. The first-order valence-corrected chi connectivity index (χ1v) is 11.2. The summed E-state index contributed by atoms with van der Waals surface area (Å²) in [5, 5.41) is 0. The Morgan fingerprint density at radius 3 is 2.52 bits per heavy atom. The maximum absolute atomic E-state index is 13.4. The van der Waals surface area contributed by atoms with Crippen LogP contribution < -0.4 is 4.90 Å². The minimum Gasteiger partial charge on any atom is -0.343 e. The zero-order valence-electron chi connectivity index (χ0n) is 18.3. The fraction of sp³-hybridized carbons (Fsp3) is 0.400. The van der Waals surface area contributed by atoms with Gasteiger partial charge in [0.15, 0.2) is 0 Å². The molecule has 2 aliphatic rings. The third kappa shape index (κ3) is 4.39. The highest BCUT2D eigenvalue weighted by Crippen LogP contribution is 2.31. The van der Waals surface area contributed by atoms with Crippen LogP contribution in [0, 0.1) is 5.92 Å². The number of likely N-dealkylation sites (tertiary alicyclic amines) is 1. The molecule has 162 valence electrons. The summed E-state index contributed by atoms with van der Waals surface area (Å²) in [4.78, 5) is 36.8. The average molecular weight is 419 g/mol. The Kier molecular flexibility index (Phi) is 6.47. The van der Waals surface area contributed by atoms with Crippen LogP contribution in [0.1, 0.15) is 32.3 Å². The Morgan fingerprint density at radius 2 is 1.77 bits per heavy atom. The molecule has 0 N–H and O–H groups in total. The van der Waals surface area contributed by atoms with Crippen LogP contribution in [0.5, 0.6) is 0 Å². The Morgan fingerprint density at radius 1 is 1.06 bits per heavy atom. The van der Waals surface area contributed by atoms with Crippen molar-refractivity contribution < 1.29 is 9.59 Å². The second-order valence-corrected chi connectivity index (χ2v) is 8.11. The van der Waals surface area contributed by atoms with Crippen molar-refractivity contribution in [3.63, 3.8) is 0 Å². The molecular weight excluding hydrogens is 388 g/mol. The summed E-state index contributed by atoms with van der Waals surface area (Å²) in [5.74, 6) is 0.149. The molecule has 2 aromatic carbocycles. The van der Waals surface area contributed by atoms with Crippen LogP contribution in [0.3, 0.4) is 0 Å². The van der Waals surface area contributed by atoms with Crippen LogP contribution in [0.4, 0.5) is 11.4 Å². The SMILES string of the molecule is CCN(CC)C(=O)[C@@H]1CCCN(CN2C(=O)C(=Nc3ccccc3)c3ccccc32)C1. The highest BCUT2D eigenvalue weighted by molar-refractivity contribution is 6.54. The van der Waals surface area contributed by atoms with Crippen LogP contribution in [-0.4, -0.2) is 60.2 Å². The number of nitrogens with zero attached hydrogens (tertiary/aromatic N) is 4. The van der Waals surface area contributed by atoms with Crippen molar-refractivity contribution in [3.05, 3.63) is 60.2 Å². The van der Waals surface area contributed by atoms with E-state index in [0.717, 1.165) is 49.4 Å². The largest absolute Gasteiger partial charge is 0.343 e. The van der Waals surface area contributed by atoms with E-state index < -0.39 is 0 Å². The molecule has 1 saturated heterocycles.